The van der Waals surface area contributed by atoms with E-state index in [1.54, 1.807) is 31.5 Å². The first kappa shape index (κ1) is 17.4. The van der Waals surface area contributed by atoms with E-state index in [9.17, 15) is 9.18 Å². The van der Waals surface area contributed by atoms with Gasteiger partial charge < -0.3 is 4.57 Å². The lowest BCUT2D eigenvalue weighted by Gasteiger charge is -2.11. The fourth-order valence-corrected chi connectivity index (χ4v) is 3.42. The molecule has 0 saturated heterocycles. The van der Waals surface area contributed by atoms with Crippen molar-refractivity contribution in [3.05, 3.63) is 71.1 Å². The molecule has 0 aliphatic carbocycles. The molecule has 0 amide bonds. The van der Waals surface area contributed by atoms with Crippen molar-refractivity contribution in [1.82, 2.24) is 14.5 Å². The Morgan fingerprint density at radius 3 is 2.56 bits per heavy atom. The zero-order chi connectivity index (χ0) is 18.0. The van der Waals surface area contributed by atoms with Gasteiger partial charge in [0.15, 0.2) is 10.9 Å². The van der Waals surface area contributed by atoms with Crippen LogP contribution >= 0.6 is 11.8 Å². The smallest absolute Gasteiger partial charge is 0.187 e. The number of thioether (sulfide) groups is 1. The summed E-state index contributed by atoms with van der Waals surface area (Å²) in [7, 11) is 0. The molecule has 0 saturated carbocycles. The maximum atomic E-state index is 13.9. The lowest BCUT2D eigenvalue weighted by molar-refractivity contribution is 0.102. The quantitative estimate of drug-likeness (QED) is 0.389. The molecule has 0 N–H and O–H groups in total. The van der Waals surface area contributed by atoms with Gasteiger partial charge in [-0.2, -0.15) is 0 Å². The molecule has 0 aliphatic rings. The van der Waals surface area contributed by atoms with Crippen molar-refractivity contribution in [2.45, 2.75) is 25.9 Å². The van der Waals surface area contributed by atoms with Crippen molar-refractivity contribution in [1.29, 1.82) is 0 Å². The number of hydrogen-bond donors (Lipinski definition) is 0. The monoisotopic (exact) mass is 355 g/mol. The summed E-state index contributed by atoms with van der Waals surface area (Å²) in [6.07, 6.45) is 3.30. The fourth-order valence-electron chi connectivity index (χ4n) is 2.73. The summed E-state index contributed by atoms with van der Waals surface area (Å²) in [5, 5.41) is 0.574. The summed E-state index contributed by atoms with van der Waals surface area (Å²) < 4.78 is 15.8. The van der Waals surface area contributed by atoms with Crippen molar-refractivity contribution < 1.29 is 9.18 Å². The van der Waals surface area contributed by atoms with Crippen LogP contribution in [0.4, 0.5) is 4.39 Å². The molecule has 0 fully saturated rings. The zero-order valence-corrected chi connectivity index (χ0v) is 15.1. The Kier molecular flexibility index (Phi) is 4.99. The molecule has 6 heteroatoms. The van der Waals surface area contributed by atoms with Gasteiger partial charge >= 0.3 is 0 Å². The maximum Gasteiger partial charge on any atom is 0.187 e. The fraction of sp³-hybridized carbons (Fsp3) is 0.211. The number of aryl methyl sites for hydroxylation is 2. The van der Waals surface area contributed by atoms with Crippen LogP contribution < -0.4 is 0 Å². The molecule has 128 valence electrons. The van der Waals surface area contributed by atoms with Crippen LogP contribution in [0.2, 0.25) is 0 Å². The predicted molar refractivity (Wildman–Crippen MR) is 97.0 cm³/mol. The molecule has 2 heterocycles. The van der Waals surface area contributed by atoms with Gasteiger partial charge in [0, 0.05) is 35.0 Å². The van der Waals surface area contributed by atoms with Crippen LogP contribution in [0.25, 0.3) is 5.69 Å². The van der Waals surface area contributed by atoms with Gasteiger partial charge in [-0.15, -0.1) is 0 Å². The molecule has 0 atom stereocenters. The Labute approximate surface area is 150 Å². The summed E-state index contributed by atoms with van der Waals surface area (Å²) in [6.45, 7) is 5.52. The van der Waals surface area contributed by atoms with E-state index in [0.29, 0.717) is 16.3 Å². The number of carbonyl (C=O) groups is 1. The molecule has 0 bridgehead atoms. The van der Waals surface area contributed by atoms with Crippen LogP contribution in [0.5, 0.6) is 0 Å². The summed E-state index contributed by atoms with van der Waals surface area (Å²) in [5.74, 6) is 0.00960. The number of Topliss-reactive ketones (excluding diaryl/α,β-unsaturated/α-hetero) is 1. The number of hydrogen-bond acceptors (Lipinski definition) is 4. The van der Waals surface area contributed by atoms with Crippen molar-refractivity contribution in [3.8, 4) is 5.69 Å². The Hall–Kier alpha value is -2.47. The average molecular weight is 355 g/mol. The van der Waals surface area contributed by atoms with Crippen LogP contribution in [0, 0.1) is 26.6 Å². The highest BCUT2D eigenvalue weighted by Crippen LogP contribution is 2.24. The van der Waals surface area contributed by atoms with Crippen LogP contribution in [0.15, 0.2) is 47.9 Å². The number of carbonyl (C=O) groups excluding carboxylic acids is 1. The van der Waals surface area contributed by atoms with Crippen LogP contribution in [0.1, 0.15) is 27.3 Å². The molecular weight excluding hydrogens is 337 g/mol. The number of nitrogens with zero attached hydrogens (tertiary/aromatic N) is 3. The van der Waals surface area contributed by atoms with Crippen molar-refractivity contribution >= 4 is 17.5 Å². The molecule has 4 nitrogen and oxygen atoms in total. The molecule has 0 radical (unpaired) electrons. The molecular formula is C19H18FN3OS. The van der Waals surface area contributed by atoms with Gasteiger partial charge in [0.1, 0.15) is 5.82 Å². The molecule has 1 aromatic carbocycles. The van der Waals surface area contributed by atoms with Gasteiger partial charge in [-0.25, -0.2) is 14.4 Å². The third kappa shape index (κ3) is 3.64. The van der Waals surface area contributed by atoms with E-state index in [1.165, 1.54) is 17.8 Å². The van der Waals surface area contributed by atoms with E-state index in [2.05, 4.69) is 9.97 Å². The highest BCUT2D eigenvalue weighted by Gasteiger charge is 2.17. The Morgan fingerprint density at radius 1 is 1.16 bits per heavy atom. The van der Waals surface area contributed by atoms with Gasteiger partial charge in [0.25, 0.3) is 0 Å². The van der Waals surface area contributed by atoms with Crippen LogP contribution in [-0.4, -0.2) is 26.1 Å². The first-order valence-corrected chi connectivity index (χ1v) is 8.84. The highest BCUT2D eigenvalue weighted by atomic mass is 32.2. The summed E-state index contributed by atoms with van der Waals surface area (Å²) in [5.41, 5.74) is 3.66. The minimum absolute atomic E-state index is 0.00406. The Bertz CT molecular complexity index is 922. The second-order valence-corrected chi connectivity index (χ2v) is 6.74. The molecule has 0 unspecified atom stereocenters. The normalized spacial score (nSPS) is 10.9. The van der Waals surface area contributed by atoms with Gasteiger partial charge in [-0.1, -0.05) is 17.8 Å². The first-order chi connectivity index (χ1) is 12.0. The van der Waals surface area contributed by atoms with Gasteiger partial charge in [-0.05, 0) is 50.6 Å². The van der Waals surface area contributed by atoms with E-state index < -0.39 is 0 Å². The predicted octanol–water partition coefficient (Wildman–Crippen LogP) is 4.31. The minimum Gasteiger partial charge on any atom is -0.318 e. The number of benzene rings is 1. The van der Waals surface area contributed by atoms with Gasteiger partial charge in [0.2, 0.25) is 0 Å². The third-order valence-corrected chi connectivity index (χ3v) is 4.90. The largest absolute Gasteiger partial charge is 0.318 e. The van der Waals surface area contributed by atoms with E-state index in [4.69, 9.17) is 0 Å². The Morgan fingerprint density at radius 2 is 1.88 bits per heavy atom. The van der Waals surface area contributed by atoms with Gasteiger partial charge in [-0.3, -0.25) is 4.79 Å². The number of halogens is 1. The SMILES string of the molecule is Cc1ccc(-n2c(C)cc(C(=O)CSc3ncccn3)c2C)cc1F. The zero-order valence-electron chi connectivity index (χ0n) is 14.3. The first-order valence-electron chi connectivity index (χ1n) is 7.86. The second-order valence-electron chi connectivity index (χ2n) is 5.80. The van der Waals surface area contributed by atoms with Crippen LogP contribution in [-0.2, 0) is 0 Å². The average Bonchev–Trinajstić information content (AvgIpc) is 2.91. The van der Waals surface area contributed by atoms with Crippen molar-refractivity contribution in [3.63, 3.8) is 0 Å². The number of aromatic nitrogens is 3. The highest BCUT2D eigenvalue weighted by molar-refractivity contribution is 7.99. The lowest BCUT2D eigenvalue weighted by atomic mass is 10.2. The standard InChI is InChI=1S/C19H18FN3OS/c1-12-5-6-15(10-17(12)20)23-13(2)9-16(14(23)3)18(24)11-25-19-21-7-4-8-22-19/h4-10H,11H2,1-3H3. The van der Waals surface area contributed by atoms with Crippen molar-refractivity contribution in [2.75, 3.05) is 5.75 Å². The third-order valence-electron chi connectivity index (χ3n) is 4.02. The number of ketones is 1. The van der Waals surface area contributed by atoms with Gasteiger partial charge in [0.05, 0.1) is 5.75 Å². The van der Waals surface area contributed by atoms with Crippen molar-refractivity contribution in [2.24, 2.45) is 0 Å². The molecule has 0 spiro atoms. The number of rotatable bonds is 5. The van der Waals surface area contributed by atoms with E-state index in [1.807, 2.05) is 30.5 Å². The summed E-state index contributed by atoms with van der Waals surface area (Å²) in [6, 6.07) is 8.69. The second kappa shape index (κ2) is 7.19. The molecule has 0 aliphatic heterocycles. The Balaban J connectivity index is 1.86. The van der Waals surface area contributed by atoms with E-state index in [0.717, 1.165) is 17.1 Å². The minimum atomic E-state index is -0.255. The lowest BCUT2D eigenvalue weighted by Crippen LogP contribution is -2.06. The maximum absolute atomic E-state index is 13.9. The molecule has 2 aromatic heterocycles. The van der Waals surface area contributed by atoms with E-state index >= 15 is 0 Å². The van der Waals surface area contributed by atoms with E-state index in [-0.39, 0.29) is 17.4 Å². The summed E-state index contributed by atoms with van der Waals surface area (Å²) >= 11 is 1.31. The molecule has 25 heavy (non-hydrogen) atoms. The summed E-state index contributed by atoms with van der Waals surface area (Å²) in [4.78, 5) is 20.8. The topological polar surface area (TPSA) is 47.8 Å². The van der Waals surface area contributed by atoms with Crippen LogP contribution in [0.3, 0.4) is 0 Å². The molecule has 3 aromatic rings. The molecule has 3 rings (SSSR count).